The standard InChI is InChI=1S/C27H23F2N3O4S/c1-31(37(2,35)36)25-21-12-18(11-16-3-7-19(28)8-4-16)13-30-24(21)26(33)23-22(25)15-32(27(23)34)14-17-5-9-20(29)10-6-17/h3-10,12-13,33H,11,14-15H2,1-2H3. The summed E-state index contributed by atoms with van der Waals surface area (Å²) in [6, 6.07) is 13.5. The van der Waals surface area contributed by atoms with Crippen LogP contribution in [0.2, 0.25) is 0 Å². The second-order valence-corrected chi connectivity index (χ2v) is 11.1. The third-order valence-electron chi connectivity index (χ3n) is 6.52. The van der Waals surface area contributed by atoms with Gasteiger partial charge in [-0.05, 0) is 53.4 Å². The molecule has 5 rings (SSSR count). The molecule has 0 saturated carbocycles. The molecule has 7 nitrogen and oxygen atoms in total. The number of anilines is 1. The molecule has 0 atom stereocenters. The van der Waals surface area contributed by atoms with Crippen LogP contribution in [-0.2, 0) is 29.5 Å². The van der Waals surface area contributed by atoms with E-state index in [0.717, 1.165) is 16.1 Å². The Hall–Kier alpha value is -4.05. The zero-order chi connectivity index (χ0) is 26.5. The summed E-state index contributed by atoms with van der Waals surface area (Å²) < 4.78 is 53.0. The van der Waals surface area contributed by atoms with Gasteiger partial charge in [-0.1, -0.05) is 24.3 Å². The lowest BCUT2D eigenvalue weighted by atomic mass is 9.98. The number of sulfonamides is 1. The van der Waals surface area contributed by atoms with Crippen LogP contribution >= 0.6 is 0 Å². The van der Waals surface area contributed by atoms with Gasteiger partial charge in [0.25, 0.3) is 5.91 Å². The van der Waals surface area contributed by atoms with E-state index >= 15 is 0 Å². The van der Waals surface area contributed by atoms with E-state index in [1.807, 2.05) is 0 Å². The molecule has 0 fully saturated rings. The van der Waals surface area contributed by atoms with E-state index in [1.165, 1.54) is 42.4 Å². The SMILES string of the molecule is CN(c1c2c(c(O)c3ncc(Cc4ccc(F)cc4)cc13)C(=O)N(Cc1ccc(F)cc1)C2)S(C)(=O)=O. The maximum absolute atomic E-state index is 13.4. The van der Waals surface area contributed by atoms with Crippen molar-refractivity contribution in [2.24, 2.45) is 0 Å². The lowest BCUT2D eigenvalue weighted by molar-refractivity contribution is 0.0764. The predicted octanol–water partition coefficient (Wildman–Crippen LogP) is 4.36. The van der Waals surface area contributed by atoms with Crippen molar-refractivity contribution in [2.45, 2.75) is 19.5 Å². The third-order valence-corrected chi connectivity index (χ3v) is 7.70. The van der Waals surface area contributed by atoms with Crippen molar-refractivity contribution >= 4 is 32.5 Å². The number of aromatic hydroxyl groups is 1. The number of pyridine rings is 1. The van der Waals surface area contributed by atoms with Crippen LogP contribution in [0.1, 0.15) is 32.6 Å². The number of phenols is 1. The summed E-state index contributed by atoms with van der Waals surface area (Å²) in [5.74, 6) is -1.55. The maximum Gasteiger partial charge on any atom is 0.258 e. The van der Waals surface area contributed by atoms with Gasteiger partial charge >= 0.3 is 0 Å². The third kappa shape index (κ3) is 4.60. The van der Waals surface area contributed by atoms with Crippen LogP contribution < -0.4 is 4.31 Å². The number of hydrogen-bond acceptors (Lipinski definition) is 5. The topological polar surface area (TPSA) is 90.8 Å². The molecule has 0 unspecified atom stereocenters. The highest BCUT2D eigenvalue weighted by Gasteiger charge is 2.37. The molecule has 1 aliphatic heterocycles. The lowest BCUT2D eigenvalue weighted by Gasteiger charge is -2.23. The molecule has 0 aliphatic carbocycles. The summed E-state index contributed by atoms with van der Waals surface area (Å²) in [5.41, 5.74) is 2.95. The molecular weight excluding hydrogens is 500 g/mol. The molecule has 0 spiro atoms. The van der Waals surface area contributed by atoms with Crippen molar-refractivity contribution in [1.82, 2.24) is 9.88 Å². The predicted molar refractivity (Wildman–Crippen MR) is 136 cm³/mol. The van der Waals surface area contributed by atoms with Gasteiger partial charge in [0.15, 0.2) is 5.75 Å². The molecule has 1 amide bonds. The number of benzene rings is 3. The zero-order valence-electron chi connectivity index (χ0n) is 20.1. The number of carbonyl (C=O) groups is 1. The number of fused-ring (bicyclic) bond motifs is 2. The zero-order valence-corrected chi connectivity index (χ0v) is 20.9. The first kappa shape index (κ1) is 24.6. The van der Waals surface area contributed by atoms with E-state index in [9.17, 15) is 27.1 Å². The minimum Gasteiger partial charge on any atom is -0.505 e. The number of amides is 1. The number of phenolic OH excluding ortho intramolecular Hbond substituents is 1. The highest BCUT2D eigenvalue weighted by molar-refractivity contribution is 7.92. The van der Waals surface area contributed by atoms with Crippen molar-refractivity contribution < 1.29 is 27.1 Å². The van der Waals surface area contributed by atoms with E-state index in [1.54, 1.807) is 30.3 Å². The average molecular weight is 524 g/mol. The Kier molecular flexibility index (Phi) is 6.07. The summed E-state index contributed by atoms with van der Waals surface area (Å²) in [6.45, 7) is 0.196. The molecule has 0 saturated heterocycles. The fourth-order valence-electron chi connectivity index (χ4n) is 4.62. The van der Waals surface area contributed by atoms with E-state index in [4.69, 9.17) is 0 Å². The molecule has 190 valence electrons. The summed E-state index contributed by atoms with van der Waals surface area (Å²) in [5, 5.41) is 11.5. The highest BCUT2D eigenvalue weighted by Crippen LogP contribution is 2.45. The number of nitrogens with zero attached hydrogens (tertiary/aromatic N) is 3. The molecule has 1 N–H and O–H groups in total. The Morgan fingerprint density at radius 1 is 1.00 bits per heavy atom. The van der Waals surface area contributed by atoms with Crippen LogP contribution in [0.5, 0.6) is 5.75 Å². The molecular formula is C27H23F2N3O4S. The van der Waals surface area contributed by atoms with Crippen molar-refractivity contribution in [3.63, 3.8) is 0 Å². The van der Waals surface area contributed by atoms with E-state index in [-0.39, 0.29) is 41.4 Å². The van der Waals surface area contributed by atoms with Crippen molar-refractivity contribution in [1.29, 1.82) is 0 Å². The number of hydrogen-bond donors (Lipinski definition) is 1. The summed E-state index contributed by atoms with van der Waals surface area (Å²) in [4.78, 5) is 19.2. The quantitative estimate of drug-likeness (QED) is 0.406. The summed E-state index contributed by atoms with van der Waals surface area (Å²) >= 11 is 0. The van der Waals surface area contributed by atoms with E-state index < -0.39 is 21.7 Å². The largest absolute Gasteiger partial charge is 0.505 e. The van der Waals surface area contributed by atoms with Gasteiger partial charge in [0.2, 0.25) is 10.0 Å². The molecule has 1 aromatic heterocycles. The average Bonchev–Trinajstić information content (AvgIpc) is 3.17. The van der Waals surface area contributed by atoms with Crippen LogP contribution in [0, 0.1) is 11.6 Å². The summed E-state index contributed by atoms with van der Waals surface area (Å²) in [7, 11) is -2.36. The van der Waals surface area contributed by atoms with Gasteiger partial charge in [-0.2, -0.15) is 0 Å². The maximum atomic E-state index is 13.4. The fraction of sp³-hybridized carbons (Fsp3) is 0.185. The van der Waals surface area contributed by atoms with Gasteiger partial charge < -0.3 is 10.0 Å². The summed E-state index contributed by atoms with van der Waals surface area (Å²) in [6.07, 6.45) is 3.00. The molecule has 2 heterocycles. The van der Waals surface area contributed by atoms with Crippen molar-refractivity contribution in [2.75, 3.05) is 17.6 Å². The van der Waals surface area contributed by atoms with Crippen LogP contribution in [0.15, 0.2) is 60.8 Å². The van der Waals surface area contributed by atoms with Crippen molar-refractivity contribution in [3.8, 4) is 5.75 Å². The second-order valence-electron chi connectivity index (χ2n) is 9.11. The smallest absolute Gasteiger partial charge is 0.258 e. The Morgan fingerprint density at radius 2 is 1.59 bits per heavy atom. The van der Waals surface area contributed by atoms with Gasteiger partial charge in [-0.3, -0.25) is 14.1 Å². The highest BCUT2D eigenvalue weighted by atomic mass is 32.2. The molecule has 37 heavy (non-hydrogen) atoms. The van der Waals surface area contributed by atoms with E-state index in [0.29, 0.717) is 28.5 Å². The normalized spacial score (nSPS) is 13.3. The Morgan fingerprint density at radius 3 is 2.19 bits per heavy atom. The first-order valence-corrected chi connectivity index (χ1v) is 13.3. The van der Waals surface area contributed by atoms with Gasteiger partial charge in [0.1, 0.15) is 17.2 Å². The monoisotopic (exact) mass is 523 g/mol. The number of carbonyl (C=O) groups excluding carboxylic acids is 1. The van der Waals surface area contributed by atoms with Crippen LogP contribution in [0.3, 0.4) is 0 Å². The first-order valence-electron chi connectivity index (χ1n) is 11.4. The van der Waals surface area contributed by atoms with Crippen molar-refractivity contribution in [3.05, 3.63) is 100 Å². The minimum absolute atomic E-state index is 0.00102. The van der Waals surface area contributed by atoms with E-state index in [2.05, 4.69) is 4.98 Å². The first-order chi connectivity index (χ1) is 17.5. The molecule has 3 aromatic carbocycles. The van der Waals surface area contributed by atoms with Crippen LogP contribution in [0.25, 0.3) is 10.9 Å². The van der Waals surface area contributed by atoms with Crippen LogP contribution in [0.4, 0.5) is 14.5 Å². The molecule has 10 heteroatoms. The number of halogens is 2. The number of rotatable bonds is 6. The molecule has 0 radical (unpaired) electrons. The van der Waals surface area contributed by atoms with Gasteiger partial charge in [-0.25, -0.2) is 17.2 Å². The molecule has 4 aromatic rings. The Balaban J connectivity index is 1.64. The fourth-order valence-corrected chi connectivity index (χ4v) is 5.16. The molecule has 1 aliphatic rings. The van der Waals surface area contributed by atoms with Gasteiger partial charge in [0.05, 0.1) is 17.5 Å². The van der Waals surface area contributed by atoms with Gasteiger partial charge in [0, 0.05) is 37.3 Å². The van der Waals surface area contributed by atoms with Gasteiger partial charge in [-0.15, -0.1) is 0 Å². The molecule has 0 bridgehead atoms. The Labute approximate surface area is 212 Å². The lowest BCUT2D eigenvalue weighted by Crippen LogP contribution is -2.26. The second kappa shape index (κ2) is 9.11. The minimum atomic E-state index is -3.75. The van der Waals surface area contributed by atoms with Crippen LogP contribution in [-0.4, -0.2) is 42.6 Å². The Bertz CT molecular complexity index is 1640. The number of aromatic nitrogens is 1.